The predicted octanol–water partition coefficient (Wildman–Crippen LogP) is 1.98. The van der Waals surface area contributed by atoms with Gasteiger partial charge in [0, 0.05) is 13.1 Å². The Bertz CT molecular complexity index is 556. The summed E-state index contributed by atoms with van der Waals surface area (Å²) in [6.07, 6.45) is -0.625. The van der Waals surface area contributed by atoms with Crippen molar-refractivity contribution in [2.75, 3.05) is 13.1 Å². The molecule has 1 heterocycles. The molecule has 1 saturated heterocycles. The average Bonchev–Trinajstić information content (AvgIpc) is 2.93. The first-order valence-corrected chi connectivity index (χ1v) is 7.13. The molecular weight excluding hydrogens is 266 g/mol. The van der Waals surface area contributed by atoms with Gasteiger partial charge in [0.25, 0.3) is 0 Å². The van der Waals surface area contributed by atoms with Crippen molar-refractivity contribution in [3.8, 4) is 11.5 Å². The first-order valence-electron chi connectivity index (χ1n) is 7.13. The smallest absolute Gasteiger partial charge is 0.138 e. The van der Waals surface area contributed by atoms with Crippen molar-refractivity contribution in [1.82, 2.24) is 5.32 Å². The summed E-state index contributed by atoms with van der Waals surface area (Å²) in [5.41, 5.74) is 1.14. The number of nitrogens with one attached hydrogen (secondary N) is 1. The van der Waals surface area contributed by atoms with Crippen molar-refractivity contribution in [3.63, 3.8) is 0 Å². The Balaban J connectivity index is 1.54. The lowest BCUT2D eigenvalue weighted by molar-refractivity contribution is 0.0737. The van der Waals surface area contributed by atoms with E-state index in [1.807, 2.05) is 54.6 Å². The standard InChI is InChI=1S/C17H19NO3/c19-16-10-18-11-17(16)21-15-8-6-14(7-9-15)20-12-13-4-2-1-3-5-13/h1-9,16-19H,10-12H2. The molecule has 3 rings (SSSR count). The second kappa shape index (κ2) is 6.61. The minimum Gasteiger partial charge on any atom is -0.489 e. The largest absolute Gasteiger partial charge is 0.489 e. The Morgan fingerprint density at radius 3 is 2.33 bits per heavy atom. The Morgan fingerprint density at radius 1 is 0.952 bits per heavy atom. The van der Waals surface area contributed by atoms with E-state index in [-0.39, 0.29) is 6.10 Å². The summed E-state index contributed by atoms with van der Waals surface area (Å²) >= 11 is 0. The molecule has 0 spiro atoms. The van der Waals surface area contributed by atoms with E-state index in [4.69, 9.17) is 9.47 Å². The first kappa shape index (κ1) is 13.9. The van der Waals surface area contributed by atoms with Crippen molar-refractivity contribution < 1.29 is 14.6 Å². The topological polar surface area (TPSA) is 50.7 Å². The van der Waals surface area contributed by atoms with E-state index in [0.717, 1.165) is 17.1 Å². The second-order valence-corrected chi connectivity index (χ2v) is 5.13. The van der Waals surface area contributed by atoms with Crippen molar-refractivity contribution in [1.29, 1.82) is 0 Å². The Hall–Kier alpha value is -2.04. The zero-order chi connectivity index (χ0) is 14.5. The number of aliphatic hydroxyl groups is 1. The molecule has 4 nitrogen and oxygen atoms in total. The lowest BCUT2D eigenvalue weighted by Crippen LogP contribution is -2.29. The van der Waals surface area contributed by atoms with Gasteiger partial charge in [-0.15, -0.1) is 0 Å². The summed E-state index contributed by atoms with van der Waals surface area (Å²) in [6.45, 7) is 1.81. The third-order valence-corrected chi connectivity index (χ3v) is 3.49. The van der Waals surface area contributed by atoms with Crippen LogP contribution in [0.5, 0.6) is 11.5 Å². The number of aliphatic hydroxyl groups excluding tert-OH is 1. The van der Waals surface area contributed by atoms with Crippen LogP contribution in [0.1, 0.15) is 5.56 Å². The highest BCUT2D eigenvalue weighted by atomic mass is 16.5. The van der Waals surface area contributed by atoms with Gasteiger partial charge in [0.2, 0.25) is 0 Å². The summed E-state index contributed by atoms with van der Waals surface area (Å²) < 4.78 is 11.5. The van der Waals surface area contributed by atoms with Crippen LogP contribution < -0.4 is 14.8 Å². The van der Waals surface area contributed by atoms with Gasteiger partial charge in [-0.3, -0.25) is 0 Å². The Labute approximate surface area is 124 Å². The summed E-state index contributed by atoms with van der Waals surface area (Å²) in [5, 5.41) is 12.8. The van der Waals surface area contributed by atoms with Crippen LogP contribution in [0.4, 0.5) is 0 Å². The fourth-order valence-corrected chi connectivity index (χ4v) is 2.29. The molecule has 2 unspecified atom stereocenters. The van der Waals surface area contributed by atoms with E-state index in [0.29, 0.717) is 19.7 Å². The minimum absolute atomic E-state index is 0.180. The second-order valence-electron chi connectivity index (χ2n) is 5.13. The van der Waals surface area contributed by atoms with Gasteiger partial charge >= 0.3 is 0 Å². The molecule has 1 fully saturated rings. The molecule has 0 saturated carbocycles. The molecule has 0 amide bonds. The molecule has 2 atom stereocenters. The summed E-state index contributed by atoms with van der Waals surface area (Å²) in [7, 11) is 0. The van der Waals surface area contributed by atoms with E-state index in [9.17, 15) is 5.11 Å². The fourth-order valence-electron chi connectivity index (χ4n) is 2.29. The van der Waals surface area contributed by atoms with Crippen LogP contribution in [-0.2, 0) is 6.61 Å². The molecule has 0 radical (unpaired) electrons. The maximum absolute atomic E-state index is 9.70. The zero-order valence-corrected chi connectivity index (χ0v) is 11.7. The molecule has 2 aromatic rings. The molecule has 2 aromatic carbocycles. The molecule has 1 aliphatic heterocycles. The summed E-state index contributed by atoms with van der Waals surface area (Å²) in [4.78, 5) is 0. The number of rotatable bonds is 5. The fraction of sp³-hybridized carbons (Fsp3) is 0.294. The Kier molecular flexibility index (Phi) is 4.38. The summed E-state index contributed by atoms with van der Waals surface area (Å²) in [6, 6.07) is 17.5. The van der Waals surface area contributed by atoms with Crippen LogP contribution in [0, 0.1) is 0 Å². The number of hydrogen-bond donors (Lipinski definition) is 2. The third kappa shape index (κ3) is 3.74. The maximum Gasteiger partial charge on any atom is 0.138 e. The Morgan fingerprint density at radius 2 is 1.67 bits per heavy atom. The highest BCUT2D eigenvalue weighted by molar-refractivity contribution is 5.32. The van der Waals surface area contributed by atoms with Crippen molar-refractivity contribution >= 4 is 0 Å². The predicted molar refractivity (Wildman–Crippen MR) is 80.5 cm³/mol. The van der Waals surface area contributed by atoms with Crippen LogP contribution in [0.25, 0.3) is 0 Å². The lowest BCUT2D eigenvalue weighted by atomic mass is 10.2. The molecule has 2 N–H and O–H groups in total. The van der Waals surface area contributed by atoms with Crippen LogP contribution >= 0.6 is 0 Å². The van der Waals surface area contributed by atoms with Crippen molar-refractivity contribution in [2.45, 2.75) is 18.8 Å². The molecule has 0 aliphatic carbocycles. The van der Waals surface area contributed by atoms with E-state index < -0.39 is 6.10 Å². The van der Waals surface area contributed by atoms with Gasteiger partial charge in [-0.25, -0.2) is 0 Å². The average molecular weight is 285 g/mol. The summed E-state index contributed by atoms with van der Waals surface area (Å²) in [5.74, 6) is 1.55. The zero-order valence-electron chi connectivity index (χ0n) is 11.7. The van der Waals surface area contributed by atoms with E-state index in [1.54, 1.807) is 0 Å². The van der Waals surface area contributed by atoms with Gasteiger partial charge in [-0.05, 0) is 29.8 Å². The van der Waals surface area contributed by atoms with Gasteiger partial charge in [-0.1, -0.05) is 30.3 Å². The third-order valence-electron chi connectivity index (χ3n) is 3.49. The lowest BCUT2D eigenvalue weighted by Gasteiger charge is -2.16. The number of benzene rings is 2. The van der Waals surface area contributed by atoms with E-state index in [1.165, 1.54) is 0 Å². The first-order chi connectivity index (χ1) is 10.3. The van der Waals surface area contributed by atoms with Crippen molar-refractivity contribution in [2.24, 2.45) is 0 Å². The van der Waals surface area contributed by atoms with Gasteiger partial charge in [0.15, 0.2) is 0 Å². The number of hydrogen-bond acceptors (Lipinski definition) is 4. The van der Waals surface area contributed by atoms with Crippen molar-refractivity contribution in [3.05, 3.63) is 60.2 Å². The van der Waals surface area contributed by atoms with E-state index in [2.05, 4.69) is 5.32 Å². The van der Waals surface area contributed by atoms with Crippen LogP contribution in [-0.4, -0.2) is 30.4 Å². The maximum atomic E-state index is 9.70. The highest BCUT2D eigenvalue weighted by Gasteiger charge is 2.26. The SMILES string of the molecule is OC1CNCC1Oc1ccc(OCc2ccccc2)cc1. The van der Waals surface area contributed by atoms with Gasteiger partial charge in [-0.2, -0.15) is 0 Å². The van der Waals surface area contributed by atoms with Crippen LogP contribution in [0.3, 0.4) is 0 Å². The monoisotopic (exact) mass is 285 g/mol. The molecule has 21 heavy (non-hydrogen) atoms. The number of β-amino-alcohol motifs (C(OH)–C–C–N with tert-alkyl or cyclic N) is 1. The van der Waals surface area contributed by atoms with Gasteiger partial charge in [0.05, 0.1) is 0 Å². The molecule has 1 aliphatic rings. The minimum atomic E-state index is -0.445. The normalized spacial score (nSPS) is 21.2. The van der Waals surface area contributed by atoms with E-state index >= 15 is 0 Å². The highest BCUT2D eigenvalue weighted by Crippen LogP contribution is 2.21. The molecule has 0 bridgehead atoms. The quantitative estimate of drug-likeness (QED) is 0.882. The molecular formula is C17H19NO3. The van der Waals surface area contributed by atoms with Crippen LogP contribution in [0.15, 0.2) is 54.6 Å². The van der Waals surface area contributed by atoms with Gasteiger partial charge in [0.1, 0.15) is 30.3 Å². The molecule has 110 valence electrons. The van der Waals surface area contributed by atoms with Gasteiger partial charge < -0.3 is 19.9 Å². The molecule has 0 aromatic heterocycles. The van der Waals surface area contributed by atoms with Crippen LogP contribution in [0.2, 0.25) is 0 Å². The number of ether oxygens (including phenoxy) is 2. The molecule has 4 heteroatoms.